The highest BCUT2D eigenvalue weighted by atomic mass is 19.1. The molecule has 1 aromatic heterocycles. The van der Waals surface area contributed by atoms with E-state index in [2.05, 4.69) is 0 Å². The fourth-order valence-electron chi connectivity index (χ4n) is 3.72. The van der Waals surface area contributed by atoms with Gasteiger partial charge in [0.25, 0.3) is 5.91 Å². The fraction of sp³-hybridized carbons (Fsp3) is 0.292. The standard InChI is InChI=1S/C24H24FN3O3/c1-27(2)24(30)19-14-21(26-20-6-4-3-5-18(19)20)22-15-28(11-12-31-22)23(29)13-16-7-9-17(25)10-8-16/h3-10,14,22H,11-13,15H2,1-2H3/t22-/m1/s1. The lowest BCUT2D eigenvalue weighted by molar-refractivity contribution is -0.138. The average molecular weight is 421 g/mol. The lowest BCUT2D eigenvalue weighted by Gasteiger charge is -2.33. The summed E-state index contributed by atoms with van der Waals surface area (Å²) in [5.41, 5.74) is 2.66. The number of halogens is 1. The predicted molar refractivity (Wildman–Crippen MR) is 115 cm³/mol. The average Bonchev–Trinajstić information content (AvgIpc) is 2.79. The smallest absolute Gasteiger partial charge is 0.254 e. The van der Waals surface area contributed by atoms with Crippen LogP contribution in [0.25, 0.3) is 10.9 Å². The number of para-hydroxylation sites is 1. The summed E-state index contributed by atoms with van der Waals surface area (Å²) in [6.07, 6.45) is -0.230. The Morgan fingerprint density at radius 3 is 2.65 bits per heavy atom. The molecule has 0 spiro atoms. The van der Waals surface area contributed by atoms with Crippen molar-refractivity contribution in [1.82, 2.24) is 14.8 Å². The molecule has 0 aliphatic carbocycles. The van der Waals surface area contributed by atoms with Crippen LogP contribution < -0.4 is 0 Å². The van der Waals surface area contributed by atoms with Crippen molar-refractivity contribution >= 4 is 22.7 Å². The second kappa shape index (κ2) is 8.81. The summed E-state index contributed by atoms with van der Waals surface area (Å²) < 4.78 is 19.0. The van der Waals surface area contributed by atoms with Gasteiger partial charge in [-0.2, -0.15) is 0 Å². The molecule has 0 radical (unpaired) electrons. The fourth-order valence-corrected chi connectivity index (χ4v) is 3.72. The quantitative estimate of drug-likeness (QED) is 0.649. The molecule has 1 saturated heterocycles. The molecular formula is C24H24FN3O3. The van der Waals surface area contributed by atoms with Gasteiger partial charge >= 0.3 is 0 Å². The molecule has 1 aliphatic heterocycles. The molecule has 7 heteroatoms. The van der Waals surface area contributed by atoms with Crippen molar-refractivity contribution in [3.8, 4) is 0 Å². The molecule has 3 aromatic rings. The van der Waals surface area contributed by atoms with Gasteiger partial charge in [-0.25, -0.2) is 9.37 Å². The molecule has 6 nitrogen and oxygen atoms in total. The number of carbonyl (C=O) groups excluding carboxylic acids is 2. The molecule has 2 aromatic carbocycles. The molecule has 1 atom stereocenters. The zero-order valence-corrected chi connectivity index (χ0v) is 17.5. The number of nitrogens with zero attached hydrogens (tertiary/aromatic N) is 3. The second-order valence-electron chi connectivity index (χ2n) is 7.81. The van der Waals surface area contributed by atoms with Crippen LogP contribution in [0, 0.1) is 5.82 Å². The van der Waals surface area contributed by atoms with E-state index in [1.54, 1.807) is 37.2 Å². The van der Waals surface area contributed by atoms with Crippen molar-refractivity contribution < 1.29 is 18.7 Å². The molecular weight excluding hydrogens is 397 g/mol. The Hall–Kier alpha value is -3.32. The highest BCUT2D eigenvalue weighted by Gasteiger charge is 2.28. The van der Waals surface area contributed by atoms with E-state index >= 15 is 0 Å². The maximum Gasteiger partial charge on any atom is 0.254 e. The minimum atomic E-state index is -0.427. The third-order valence-corrected chi connectivity index (χ3v) is 5.39. The first-order valence-corrected chi connectivity index (χ1v) is 10.2. The Kier molecular flexibility index (Phi) is 5.95. The van der Waals surface area contributed by atoms with Crippen LogP contribution in [0.3, 0.4) is 0 Å². The van der Waals surface area contributed by atoms with Crippen LogP contribution >= 0.6 is 0 Å². The van der Waals surface area contributed by atoms with Gasteiger partial charge < -0.3 is 14.5 Å². The van der Waals surface area contributed by atoms with Crippen LogP contribution in [0.4, 0.5) is 4.39 Å². The van der Waals surface area contributed by atoms with Crippen LogP contribution in [-0.2, 0) is 16.0 Å². The van der Waals surface area contributed by atoms with Gasteiger partial charge in [0.1, 0.15) is 11.9 Å². The number of amides is 2. The summed E-state index contributed by atoms with van der Waals surface area (Å²) in [7, 11) is 3.42. The molecule has 4 rings (SSSR count). The Labute approximate surface area is 180 Å². The largest absolute Gasteiger partial charge is 0.368 e. The number of fused-ring (bicyclic) bond motifs is 1. The molecule has 0 unspecified atom stereocenters. The van der Waals surface area contributed by atoms with Crippen LogP contribution in [0.5, 0.6) is 0 Å². The second-order valence-corrected chi connectivity index (χ2v) is 7.81. The van der Waals surface area contributed by atoms with E-state index in [0.29, 0.717) is 36.5 Å². The van der Waals surface area contributed by atoms with Gasteiger partial charge in [-0.15, -0.1) is 0 Å². The Morgan fingerprint density at radius 2 is 1.90 bits per heavy atom. The Bertz CT molecular complexity index is 1110. The summed E-state index contributed by atoms with van der Waals surface area (Å²) in [4.78, 5) is 33.5. The summed E-state index contributed by atoms with van der Waals surface area (Å²) in [5.74, 6) is -0.488. The summed E-state index contributed by atoms with van der Waals surface area (Å²) >= 11 is 0. The third-order valence-electron chi connectivity index (χ3n) is 5.39. The Morgan fingerprint density at radius 1 is 1.16 bits per heavy atom. The molecule has 2 heterocycles. The molecule has 31 heavy (non-hydrogen) atoms. The molecule has 2 amide bonds. The first-order chi connectivity index (χ1) is 14.9. The van der Waals surface area contributed by atoms with Crippen LogP contribution in [-0.4, -0.2) is 60.4 Å². The molecule has 0 N–H and O–H groups in total. The van der Waals surface area contributed by atoms with Crippen molar-refractivity contribution in [2.45, 2.75) is 12.5 Å². The van der Waals surface area contributed by atoms with E-state index in [9.17, 15) is 14.0 Å². The maximum atomic E-state index is 13.1. The number of aromatic nitrogens is 1. The van der Waals surface area contributed by atoms with Crippen molar-refractivity contribution in [3.05, 3.63) is 77.2 Å². The number of pyridine rings is 1. The van der Waals surface area contributed by atoms with Gasteiger partial charge in [0.05, 0.1) is 36.3 Å². The minimum absolute atomic E-state index is 0.0507. The predicted octanol–water partition coefficient (Wildman–Crippen LogP) is 3.22. The first-order valence-electron chi connectivity index (χ1n) is 10.2. The number of ether oxygens (including phenoxy) is 1. The number of benzene rings is 2. The van der Waals surface area contributed by atoms with Crippen molar-refractivity contribution in [3.63, 3.8) is 0 Å². The minimum Gasteiger partial charge on any atom is -0.368 e. The number of carbonyl (C=O) groups is 2. The van der Waals surface area contributed by atoms with Gasteiger partial charge in [-0.05, 0) is 29.8 Å². The van der Waals surface area contributed by atoms with E-state index in [0.717, 1.165) is 10.9 Å². The SMILES string of the molecule is CN(C)C(=O)c1cc([C@H]2CN(C(=O)Cc3ccc(F)cc3)CCO2)nc2ccccc12. The van der Waals surface area contributed by atoms with Crippen molar-refractivity contribution in [2.24, 2.45) is 0 Å². The Balaban J connectivity index is 1.58. The highest BCUT2D eigenvalue weighted by molar-refractivity contribution is 6.06. The zero-order valence-electron chi connectivity index (χ0n) is 17.5. The normalized spacial score (nSPS) is 16.4. The van der Waals surface area contributed by atoms with E-state index in [1.807, 2.05) is 24.3 Å². The van der Waals surface area contributed by atoms with Gasteiger partial charge in [0.2, 0.25) is 5.91 Å². The topological polar surface area (TPSA) is 62.7 Å². The van der Waals surface area contributed by atoms with Gasteiger partial charge in [0, 0.05) is 26.0 Å². The van der Waals surface area contributed by atoms with Gasteiger partial charge in [-0.1, -0.05) is 30.3 Å². The summed E-state index contributed by atoms with van der Waals surface area (Å²) in [6.45, 7) is 1.21. The monoisotopic (exact) mass is 421 g/mol. The van der Waals surface area contributed by atoms with Crippen molar-refractivity contribution in [1.29, 1.82) is 0 Å². The van der Waals surface area contributed by atoms with Crippen molar-refractivity contribution in [2.75, 3.05) is 33.8 Å². The molecule has 0 saturated carbocycles. The zero-order chi connectivity index (χ0) is 22.0. The van der Waals surface area contributed by atoms with E-state index in [4.69, 9.17) is 9.72 Å². The third kappa shape index (κ3) is 4.56. The molecule has 1 aliphatic rings. The van der Waals surface area contributed by atoms with E-state index < -0.39 is 6.10 Å². The molecule has 0 bridgehead atoms. The molecule has 160 valence electrons. The number of morpholine rings is 1. The maximum absolute atomic E-state index is 13.1. The first kappa shape index (κ1) is 20.9. The molecule has 1 fully saturated rings. The summed E-state index contributed by atoms with van der Waals surface area (Å²) in [6, 6.07) is 15.2. The van der Waals surface area contributed by atoms with Gasteiger partial charge in [-0.3, -0.25) is 9.59 Å². The summed E-state index contributed by atoms with van der Waals surface area (Å²) in [5, 5.41) is 0.782. The lowest BCUT2D eigenvalue weighted by Crippen LogP contribution is -2.43. The number of hydrogen-bond donors (Lipinski definition) is 0. The highest BCUT2D eigenvalue weighted by Crippen LogP contribution is 2.27. The van der Waals surface area contributed by atoms with Crippen LogP contribution in [0.1, 0.15) is 27.7 Å². The van der Waals surface area contributed by atoms with Crippen LogP contribution in [0.2, 0.25) is 0 Å². The van der Waals surface area contributed by atoms with E-state index in [-0.39, 0.29) is 24.1 Å². The number of rotatable bonds is 4. The van der Waals surface area contributed by atoms with E-state index in [1.165, 1.54) is 17.0 Å². The van der Waals surface area contributed by atoms with Gasteiger partial charge in [0.15, 0.2) is 0 Å². The number of hydrogen-bond acceptors (Lipinski definition) is 4. The van der Waals surface area contributed by atoms with Crippen LogP contribution in [0.15, 0.2) is 54.6 Å². The lowest BCUT2D eigenvalue weighted by atomic mass is 10.0.